The van der Waals surface area contributed by atoms with E-state index in [1.165, 1.54) is 12.8 Å². The molecule has 4 rings (SSSR count). The first kappa shape index (κ1) is 15.2. The molecule has 0 amide bonds. The number of para-hydroxylation sites is 2. The van der Waals surface area contributed by atoms with Gasteiger partial charge in [-0.2, -0.15) is 5.10 Å². The molecule has 0 aliphatic carbocycles. The molecule has 6 nitrogen and oxygen atoms in total. The van der Waals surface area contributed by atoms with Gasteiger partial charge < -0.3 is 4.42 Å². The first-order valence-corrected chi connectivity index (χ1v) is 8.61. The molecule has 0 N–H and O–H groups in total. The van der Waals surface area contributed by atoms with Gasteiger partial charge in [0.1, 0.15) is 0 Å². The zero-order chi connectivity index (χ0) is 16.4. The van der Waals surface area contributed by atoms with Crippen LogP contribution in [0.1, 0.15) is 19.3 Å². The van der Waals surface area contributed by atoms with Crippen LogP contribution in [0.4, 0.5) is 0 Å². The molecule has 1 aliphatic rings. The molecule has 0 bridgehead atoms. The van der Waals surface area contributed by atoms with Crippen LogP contribution in [0, 0.1) is 0 Å². The molecular weight excluding hydrogens is 304 g/mol. The van der Waals surface area contributed by atoms with Crippen molar-refractivity contribution in [2.45, 2.75) is 38.4 Å². The highest BCUT2D eigenvalue weighted by atomic mass is 16.4. The van der Waals surface area contributed by atoms with Crippen molar-refractivity contribution in [3.63, 3.8) is 0 Å². The van der Waals surface area contributed by atoms with E-state index < -0.39 is 0 Å². The van der Waals surface area contributed by atoms with Crippen LogP contribution in [0.15, 0.2) is 51.9 Å². The van der Waals surface area contributed by atoms with Crippen molar-refractivity contribution < 1.29 is 4.42 Å². The van der Waals surface area contributed by atoms with Gasteiger partial charge in [-0.25, -0.2) is 4.79 Å². The quantitative estimate of drug-likeness (QED) is 0.698. The molecular formula is C18H22N4O2. The lowest BCUT2D eigenvalue weighted by molar-refractivity contribution is 0.221. The Balaban J connectivity index is 1.38. The first-order chi connectivity index (χ1) is 11.8. The van der Waals surface area contributed by atoms with Crippen LogP contribution in [0.2, 0.25) is 0 Å². The summed E-state index contributed by atoms with van der Waals surface area (Å²) in [6.07, 6.45) is 7.25. The van der Waals surface area contributed by atoms with E-state index in [0.29, 0.717) is 18.2 Å². The van der Waals surface area contributed by atoms with Gasteiger partial charge in [0, 0.05) is 31.5 Å². The zero-order valence-electron chi connectivity index (χ0n) is 13.7. The van der Waals surface area contributed by atoms with E-state index in [0.717, 1.165) is 31.6 Å². The normalized spacial score (nSPS) is 18.6. The summed E-state index contributed by atoms with van der Waals surface area (Å²) < 4.78 is 9.05. The van der Waals surface area contributed by atoms with Gasteiger partial charge in [-0.05, 0) is 44.0 Å². The van der Waals surface area contributed by atoms with Crippen LogP contribution in [0.3, 0.4) is 0 Å². The topological polar surface area (TPSA) is 56.2 Å². The zero-order valence-corrected chi connectivity index (χ0v) is 13.7. The maximum absolute atomic E-state index is 12.0. The van der Waals surface area contributed by atoms with Crippen LogP contribution < -0.4 is 5.76 Å². The van der Waals surface area contributed by atoms with Crippen molar-refractivity contribution in [3.05, 3.63) is 53.3 Å². The highest BCUT2D eigenvalue weighted by molar-refractivity contribution is 5.72. The third kappa shape index (κ3) is 3.01. The smallest absolute Gasteiger partial charge is 0.408 e. The van der Waals surface area contributed by atoms with Crippen LogP contribution in [0.25, 0.3) is 11.1 Å². The molecule has 0 saturated carbocycles. The lowest BCUT2D eigenvalue weighted by Crippen LogP contribution is -2.34. The van der Waals surface area contributed by atoms with Gasteiger partial charge in [0.05, 0.1) is 12.1 Å². The second-order valence-corrected chi connectivity index (χ2v) is 6.40. The monoisotopic (exact) mass is 326 g/mol. The highest BCUT2D eigenvalue weighted by Crippen LogP contribution is 2.19. The minimum atomic E-state index is -0.259. The van der Waals surface area contributed by atoms with Gasteiger partial charge in [-0.1, -0.05) is 12.1 Å². The third-order valence-electron chi connectivity index (χ3n) is 4.86. The number of likely N-dealkylation sites (tertiary alicyclic amines) is 1. The molecule has 2 aromatic heterocycles. The van der Waals surface area contributed by atoms with E-state index >= 15 is 0 Å². The number of aryl methyl sites for hydroxylation is 1. The predicted molar refractivity (Wildman–Crippen MR) is 91.9 cm³/mol. The van der Waals surface area contributed by atoms with Crippen LogP contribution in [-0.4, -0.2) is 38.4 Å². The molecule has 0 spiro atoms. The summed E-state index contributed by atoms with van der Waals surface area (Å²) >= 11 is 0. The van der Waals surface area contributed by atoms with E-state index in [-0.39, 0.29) is 5.76 Å². The maximum atomic E-state index is 12.0. The Bertz CT molecular complexity index is 849. The van der Waals surface area contributed by atoms with Crippen molar-refractivity contribution in [1.29, 1.82) is 0 Å². The van der Waals surface area contributed by atoms with Gasteiger partial charge in [0.25, 0.3) is 0 Å². The summed E-state index contributed by atoms with van der Waals surface area (Å²) in [5.41, 5.74) is 1.55. The number of oxazole rings is 1. The van der Waals surface area contributed by atoms with Crippen molar-refractivity contribution in [2.24, 2.45) is 0 Å². The standard InChI is InChI=1S/C18H22N4O2/c23-18-22(16-7-1-2-8-17(16)24-18)13-5-11-20-10-3-6-15(20)14-21-12-4-9-19-21/h1-2,4,7-9,12,15H,3,5-6,10-11,13-14H2/t15-/m1/s1. The third-order valence-corrected chi connectivity index (χ3v) is 4.86. The molecule has 0 radical (unpaired) electrons. The molecule has 6 heteroatoms. The predicted octanol–water partition coefficient (Wildman–Crippen LogP) is 2.35. The maximum Gasteiger partial charge on any atom is 0.419 e. The van der Waals surface area contributed by atoms with Gasteiger partial charge in [0.15, 0.2) is 5.58 Å². The fraction of sp³-hybridized carbons (Fsp3) is 0.444. The summed E-state index contributed by atoms with van der Waals surface area (Å²) in [4.78, 5) is 14.5. The number of fused-ring (bicyclic) bond motifs is 1. The average Bonchev–Trinajstić information content (AvgIpc) is 3.30. The summed E-state index contributed by atoms with van der Waals surface area (Å²) in [6, 6.07) is 10.1. The number of hydrogen-bond acceptors (Lipinski definition) is 4. The lowest BCUT2D eigenvalue weighted by atomic mass is 10.2. The van der Waals surface area contributed by atoms with Crippen molar-refractivity contribution in [2.75, 3.05) is 13.1 Å². The van der Waals surface area contributed by atoms with Crippen LogP contribution in [0.5, 0.6) is 0 Å². The Morgan fingerprint density at radius 3 is 3.00 bits per heavy atom. The van der Waals surface area contributed by atoms with E-state index in [9.17, 15) is 4.79 Å². The summed E-state index contributed by atoms with van der Waals surface area (Å²) in [5, 5.41) is 4.31. The minimum Gasteiger partial charge on any atom is -0.408 e. The number of benzene rings is 1. The number of nitrogens with zero attached hydrogens (tertiary/aromatic N) is 4. The molecule has 3 heterocycles. The molecule has 0 unspecified atom stereocenters. The average molecular weight is 326 g/mol. The Morgan fingerprint density at radius 2 is 2.12 bits per heavy atom. The molecule has 126 valence electrons. The Labute approximate surface area is 140 Å². The van der Waals surface area contributed by atoms with E-state index in [1.54, 1.807) is 4.57 Å². The van der Waals surface area contributed by atoms with Crippen molar-refractivity contribution >= 4 is 11.1 Å². The highest BCUT2D eigenvalue weighted by Gasteiger charge is 2.24. The summed E-state index contributed by atoms with van der Waals surface area (Å²) in [5.74, 6) is -0.259. The lowest BCUT2D eigenvalue weighted by Gasteiger charge is -2.24. The SMILES string of the molecule is O=c1oc2ccccc2n1CCCN1CCC[C@@H]1Cn1cccn1. The van der Waals surface area contributed by atoms with Gasteiger partial charge >= 0.3 is 5.76 Å². The summed E-state index contributed by atoms with van der Waals surface area (Å²) in [6.45, 7) is 3.77. The fourth-order valence-corrected chi connectivity index (χ4v) is 3.68. The van der Waals surface area contributed by atoms with Crippen molar-refractivity contribution in [3.8, 4) is 0 Å². The molecule has 24 heavy (non-hydrogen) atoms. The number of aromatic nitrogens is 3. The van der Waals surface area contributed by atoms with E-state index in [1.807, 2.05) is 47.4 Å². The molecule has 1 aliphatic heterocycles. The Morgan fingerprint density at radius 1 is 1.21 bits per heavy atom. The molecule has 1 saturated heterocycles. The molecule has 1 aromatic carbocycles. The second kappa shape index (κ2) is 6.65. The fourth-order valence-electron chi connectivity index (χ4n) is 3.68. The van der Waals surface area contributed by atoms with Gasteiger partial charge in [-0.15, -0.1) is 0 Å². The van der Waals surface area contributed by atoms with Gasteiger partial charge in [-0.3, -0.25) is 14.1 Å². The number of rotatable bonds is 6. The molecule has 1 atom stereocenters. The Kier molecular flexibility index (Phi) is 4.21. The molecule has 3 aromatic rings. The largest absolute Gasteiger partial charge is 0.419 e. The second-order valence-electron chi connectivity index (χ2n) is 6.40. The summed E-state index contributed by atoms with van der Waals surface area (Å²) in [7, 11) is 0. The van der Waals surface area contributed by atoms with Crippen molar-refractivity contribution in [1.82, 2.24) is 19.2 Å². The Hall–Kier alpha value is -2.34. The van der Waals surface area contributed by atoms with Crippen LogP contribution in [-0.2, 0) is 13.1 Å². The van der Waals surface area contributed by atoms with E-state index in [2.05, 4.69) is 10.00 Å². The molecule has 1 fully saturated rings. The first-order valence-electron chi connectivity index (χ1n) is 8.61. The van der Waals surface area contributed by atoms with E-state index in [4.69, 9.17) is 4.42 Å². The number of hydrogen-bond donors (Lipinski definition) is 0. The van der Waals surface area contributed by atoms with Crippen LogP contribution >= 0.6 is 0 Å². The minimum absolute atomic E-state index is 0.259. The van der Waals surface area contributed by atoms with Gasteiger partial charge in [0.2, 0.25) is 0 Å².